The van der Waals surface area contributed by atoms with Gasteiger partial charge in [-0.15, -0.1) is 0 Å². The van der Waals surface area contributed by atoms with Crippen LogP contribution in [-0.2, 0) is 9.53 Å². The number of rotatable bonds is 8. The lowest BCUT2D eigenvalue weighted by Gasteiger charge is -2.26. The summed E-state index contributed by atoms with van der Waals surface area (Å²) in [6.45, 7) is 12.7. The molecule has 0 fully saturated rings. The second-order valence-electron chi connectivity index (χ2n) is 10.8. The Morgan fingerprint density at radius 2 is 1.80 bits per heavy atom. The van der Waals surface area contributed by atoms with E-state index in [0.717, 1.165) is 28.5 Å². The minimum Gasteiger partial charge on any atom is -0.463 e. The number of benzene rings is 2. The molecule has 1 atom stereocenters. The maximum absolute atomic E-state index is 14.1. The Bertz CT molecular complexity index is 1770. The number of allylic oxidation sites excluding steroid dienone is 1. The summed E-state index contributed by atoms with van der Waals surface area (Å²) in [7, 11) is 0. The van der Waals surface area contributed by atoms with E-state index in [1.54, 1.807) is 11.5 Å². The molecule has 6 nitrogen and oxygen atoms in total. The third kappa shape index (κ3) is 4.99. The van der Waals surface area contributed by atoms with Crippen LogP contribution >= 0.6 is 11.3 Å². The first-order valence-electron chi connectivity index (χ1n) is 14.2. The zero-order valence-corrected chi connectivity index (χ0v) is 24.9. The van der Waals surface area contributed by atoms with Crippen molar-refractivity contribution in [3.63, 3.8) is 0 Å². The fraction of sp³-hybridized carbons (Fsp3) is 0.364. The van der Waals surface area contributed by atoms with E-state index < -0.39 is 12.0 Å². The number of esters is 1. The third-order valence-corrected chi connectivity index (χ3v) is 8.41. The van der Waals surface area contributed by atoms with Gasteiger partial charge in [-0.1, -0.05) is 81.0 Å². The average molecular weight is 556 g/mol. The Morgan fingerprint density at radius 1 is 1.07 bits per heavy atom. The summed E-state index contributed by atoms with van der Waals surface area (Å²) in [5.41, 5.74) is 5.20. The molecule has 0 aliphatic carbocycles. The number of hydrogen-bond acceptors (Lipinski definition) is 5. The average Bonchev–Trinajstić information content (AvgIpc) is 3.46. The molecule has 0 unspecified atom stereocenters. The van der Waals surface area contributed by atoms with E-state index in [1.807, 2.05) is 30.3 Å². The van der Waals surface area contributed by atoms with Crippen molar-refractivity contribution < 1.29 is 9.53 Å². The van der Waals surface area contributed by atoms with Gasteiger partial charge in [0, 0.05) is 28.7 Å². The van der Waals surface area contributed by atoms with Gasteiger partial charge in [-0.25, -0.2) is 9.79 Å². The van der Waals surface area contributed by atoms with E-state index in [1.165, 1.54) is 16.9 Å². The van der Waals surface area contributed by atoms with Crippen LogP contribution in [0.4, 0.5) is 0 Å². The van der Waals surface area contributed by atoms with Crippen molar-refractivity contribution in [3.05, 3.63) is 102 Å². The number of carbonyl (C=O) groups excluding carboxylic acids is 1. The van der Waals surface area contributed by atoms with Gasteiger partial charge in [0.25, 0.3) is 5.56 Å². The molecule has 3 heterocycles. The highest BCUT2D eigenvalue weighted by Gasteiger charge is 2.34. The third-order valence-electron chi connectivity index (χ3n) is 7.43. The number of thiazole rings is 1. The van der Waals surface area contributed by atoms with E-state index in [0.29, 0.717) is 32.9 Å². The van der Waals surface area contributed by atoms with Crippen LogP contribution in [0.15, 0.2) is 75.8 Å². The summed E-state index contributed by atoms with van der Waals surface area (Å²) < 4.78 is 10.0. The lowest BCUT2D eigenvalue weighted by atomic mass is 9.92. The fourth-order valence-corrected chi connectivity index (χ4v) is 6.43. The first-order chi connectivity index (χ1) is 19.2. The van der Waals surface area contributed by atoms with Crippen molar-refractivity contribution in [3.8, 4) is 0 Å². The Hall–Kier alpha value is -3.71. The molecule has 40 heavy (non-hydrogen) atoms. The molecule has 4 aromatic rings. The minimum absolute atomic E-state index is 0.152. The number of ether oxygens (including phenoxy) is 1. The molecule has 1 aliphatic rings. The maximum atomic E-state index is 14.1. The van der Waals surface area contributed by atoms with E-state index in [9.17, 15) is 9.59 Å². The van der Waals surface area contributed by atoms with Crippen LogP contribution in [0.2, 0.25) is 0 Å². The normalized spacial score (nSPS) is 15.7. The predicted octanol–water partition coefficient (Wildman–Crippen LogP) is 6.24. The molecule has 0 bridgehead atoms. The molecule has 7 heteroatoms. The van der Waals surface area contributed by atoms with E-state index >= 15 is 0 Å². The molecule has 208 valence electrons. The van der Waals surface area contributed by atoms with Crippen LogP contribution in [-0.4, -0.2) is 21.7 Å². The molecule has 2 aromatic heterocycles. The molecule has 0 spiro atoms. The number of para-hydroxylation sites is 1. The van der Waals surface area contributed by atoms with Gasteiger partial charge >= 0.3 is 5.97 Å². The number of nitrogens with zero attached hydrogens (tertiary/aromatic N) is 3. The predicted molar refractivity (Wildman–Crippen MR) is 162 cm³/mol. The van der Waals surface area contributed by atoms with E-state index in [-0.39, 0.29) is 18.2 Å². The summed E-state index contributed by atoms with van der Waals surface area (Å²) in [5.74, 6) is -0.0401. The van der Waals surface area contributed by atoms with Crippen molar-refractivity contribution in [2.24, 2.45) is 4.99 Å². The zero-order valence-electron chi connectivity index (χ0n) is 24.1. The smallest absolute Gasteiger partial charge is 0.338 e. The highest BCUT2D eigenvalue weighted by molar-refractivity contribution is 7.07. The molecule has 1 aliphatic heterocycles. The zero-order chi connectivity index (χ0) is 28.6. The highest BCUT2D eigenvalue weighted by atomic mass is 32.1. The number of carbonyl (C=O) groups is 1. The summed E-state index contributed by atoms with van der Waals surface area (Å²) in [6, 6.07) is 16.2. The lowest BCUT2D eigenvalue weighted by molar-refractivity contribution is -0.139. The molecule has 0 saturated heterocycles. The van der Waals surface area contributed by atoms with Gasteiger partial charge in [-0.05, 0) is 56.4 Å². The Labute approximate surface area is 239 Å². The minimum atomic E-state index is -0.600. The van der Waals surface area contributed by atoms with Crippen LogP contribution in [0, 0.1) is 0 Å². The topological polar surface area (TPSA) is 65.6 Å². The largest absolute Gasteiger partial charge is 0.463 e. The molecule has 0 N–H and O–H groups in total. The standard InChI is InChI=1S/C33H37N3O3S/c1-7-11-26-29(32(38)39-8-2)30(23-16-14-22(15-17-23)20(3)4)36-31(37)28(40-33(36)34-26)18-24-19-35(21(5)6)27-13-10-9-12-25(24)27/h9-10,12-21,30H,7-8,11H2,1-6H3/b28-18-/t30-/m0/s1. The molecular formula is C33H37N3O3S. The van der Waals surface area contributed by atoms with Gasteiger partial charge in [0.05, 0.1) is 28.5 Å². The van der Waals surface area contributed by atoms with Gasteiger partial charge in [0.15, 0.2) is 4.80 Å². The van der Waals surface area contributed by atoms with Crippen molar-refractivity contribution in [1.29, 1.82) is 0 Å². The van der Waals surface area contributed by atoms with Gasteiger partial charge in [-0.2, -0.15) is 0 Å². The van der Waals surface area contributed by atoms with Crippen LogP contribution in [0.1, 0.15) is 89.1 Å². The highest BCUT2D eigenvalue weighted by Crippen LogP contribution is 2.33. The van der Waals surface area contributed by atoms with Crippen LogP contribution in [0.25, 0.3) is 17.0 Å². The SMILES string of the molecule is CCCC1=C(C(=O)OCC)[C@H](c2ccc(C(C)C)cc2)n2c(s/c(=C\c3cn(C(C)C)c4ccccc34)c2=O)=N1. The first-order valence-corrected chi connectivity index (χ1v) is 15.0. The lowest BCUT2D eigenvalue weighted by Crippen LogP contribution is -2.40. The number of fused-ring (bicyclic) bond motifs is 2. The molecular weight excluding hydrogens is 518 g/mol. The first kappa shape index (κ1) is 27.8. The second kappa shape index (κ2) is 11.4. The molecule has 0 amide bonds. The summed E-state index contributed by atoms with van der Waals surface area (Å²) in [4.78, 5) is 33.1. The van der Waals surface area contributed by atoms with E-state index in [4.69, 9.17) is 9.73 Å². The quantitative estimate of drug-likeness (QED) is 0.242. The molecule has 2 aromatic carbocycles. The van der Waals surface area contributed by atoms with Gasteiger partial charge < -0.3 is 9.30 Å². The van der Waals surface area contributed by atoms with Crippen LogP contribution in [0.5, 0.6) is 0 Å². The monoisotopic (exact) mass is 555 g/mol. The fourth-order valence-electron chi connectivity index (χ4n) is 5.41. The van der Waals surface area contributed by atoms with E-state index in [2.05, 4.69) is 69.6 Å². The van der Waals surface area contributed by atoms with Gasteiger partial charge in [0.1, 0.15) is 0 Å². The van der Waals surface area contributed by atoms with Crippen molar-refractivity contribution >= 4 is 34.3 Å². The molecule has 5 rings (SSSR count). The van der Waals surface area contributed by atoms with Crippen molar-refractivity contribution in [1.82, 2.24) is 9.13 Å². The van der Waals surface area contributed by atoms with Crippen LogP contribution in [0.3, 0.4) is 0 Å². The van der Waals surface area contributed by atoms with Crippen molar-refractivity contribution in [2.45, 2.75) is 72.4 Å². The summed E-state index contributed by atoms with van der Waals surface area (Å²) in [6.07, 6.45) is 5.53. The number of aromatic nitrogens is 2. The molecule has 0 radical (unpaired) electrons. The summed E-state index contributed by atoms with van der Waals surface area (Å²) >= 11 is 1.38. The van der Waals surface area contributed by atoms with Crippen LogP contribution < -0.4 is 14.9 Å². The Kier molecular flexibility index (Phi) is 7.95. The second-order valence-corrected chi connectivity index (χ2v) is 11.8. The Morgan fingerprint density at radius 3 is 2.45 bits per heavy atom. The number of hydrogen-bond donors (Lipinski definition) is 0. The van der Waals surface area contributed by atoms with Crippen molar-refractivity contribution in [2.75, 3.05) is 6.61 Å². The maximum Gasteiger partial charge on any atom is 0.338 e. The van der Waals surface area contributed by atoms with Gasteiger partial charge in [-0.3, -0.25) is 9.36 Å². The molecule has 0 saturated carbocycles. The van der Waals surface area contributed by atoms with Gasteiger partial charge in [0.2, 0.25) is 0 Å². The Balaban J connectivity index is 1.76. The summed E-state index contributed by atoms with van der Waals surface area (Å²) in [5, 5.41) is 1.10.